The molecule has 0 aliphatic rings. The number of aromatic nitrogens is 2. The van der Waals surface area contributed by atoms with Crippen LogP contribution in [0.1, 0.15) is 48.9 Å². The number of hydrogen-bond donors (Lipinski definition) is 1. The molecule has 0 unspecified atom stereocenters. The van der Waals surface area contributed by atoms with Crippen LogP contribution >= 0.6 is 11.8 Å². The van der Waals surface area contributed by atoms with Crippen LogP contribution in [0.15, 0.2) is 27.8 Å². The maximum Gasteiger partial charge on any atom is 0.277 e. The quantitative estimate of drug-likeness (QED) is 0.768. The minimum Gasteiger partial charge on any atom is -1.00 e. The van der Waals surface area contributed by atoms with Crippen molar-refractivity contribution in [3.63, 3.8) is 0 Å². The van der Waals surface area contributed by atoms with Gasteiger partial charge in [-0.05, 0) is 30.9 Å². The Morgan fingerprint density at radius 1 is 1.23 bits per heavy atom. The van der Waals surface area contributed by atoms with Crippen molar-refractivity contribution < 1.29 is 22.6 Å². The summed E-state index contributed by atoms with van der Waals surface area (Å²) in [5, 5.41) is 8.87. The van der Waals surface area contributed by atoms with E-state index >= 15 is 0 Å². The lowest BCUT2D eigenvalue weighted by Gasteiger charge is -2.06. The van der Waals surface area contributed by atoms with Crippen molar-refractivity contribution in [2.75, 3.05) is 0 Å². The molecule has 22 heavy (non-hydrogen) atoms. The van der Waals surface area contributed by atoms with Gasteiger partial charge in [-0.15, -0.1) is 10.2 Å². The summed E-state index contributed by atoms with van der Waals surface area (Å²) in [6.07, 6.45) is 0.962. The van der Waals surface area contributed by atoms with Crippen molar-refractivity contribution in [2.24, 2.45) is 5.92 Å². The zero-order valence-corrected chi connectivity index (χ0v) is 15.2. The molecule has 0 radical (unpaired) electrons. The van der Waals surface area contributed by atoms with Crippen LogP contribution in [0.4, 0.5) is 0 Å². The highest BCUT2D eigenvalue weighted by Crippen LogP contribution is 2.25. The largest absolute Gasteiger partial charge is 1.00 e. The highest BCUT2D eigenvalue weighted by molar-refractivity contribution is 7.98. The molecule has 0 fully saturated rings. The topological polar surface area (TPSA) is 66.6 Å². The van der Waals surface area contributed by atoms with Gasteiger partial charge in [0.05, 0.1) is 0 Å². The monoisotopic (exact) mass is 341 g/mol. The Kier molecular flexibility index (Phi) is 7.39. The first kappa shape index (κ1) is 19.0. The third-order valence-electron chi connectivity index (χ3n) is 3.38. The number of thioether (sulfide) groups is 1. The van der Waals surface area contributed by atoms with Crippen LogP contribution in [-0.2, 0) is 5.75 Å². The van der Waals surface area contributed by atoms with Gasteiger partial charge in [-0.3, -0.25) is 0 Å². The molecule has 122 valence electrons. The Hall–Kier alpha value is -1.04. The molecule has 0 bridgehead atoms. The number of halogens is 1. The van der Waals surface area contributed by atoms with Crippen LogP contribution in [0, 0.1) is 19.8 Å². The number of hydrogen-bond acceptors (Lipinski definition) is 4. The molecule has 1 aromatic carbocycles. The molecule has 0 saturated carbocycles. The molecule has 0 spiro atoms. The predicted molar refractivity (Wildman–Crippen MR) is 84.9 cm³/mol. The number of rotatable bonds is 6. The summed E-state index contributed by atoms with van der Waals surface area (Å²) in [5.74, 6) is 2.07. The molecular weight excluding hydrogens is 318 g/mol. The third kappa shape index (κ3) is 5.30. The highest BCUT2D eigenvalue weighted by atomic mass is 35.5. The van der Waals surface area contributed by atoms with E-state index in [0.717, 1.165) is 12.2 Å². The molecule has 0 saturated heterocycles. The molecule has 0 aliphatic heterocycles. The second-order valence-electron chi connectivity index (χ2n) is 5.95. The van der Waals surface area contributed by atoms with E-state index < -0.39 is 0 Å². The Labute approximate surface area is 142 Å². The lowest BCUT2D eigenvalue weighted by atomic mass is 10.1. The van der Waals surface area contributed by atoms with Gasteiger partial charge in [-0.2, -0.15) is 0 Å². The van der Waals surface area contributed by atoms with Crippen molar-refractivity contribution in [1.82, 2.24) is 10.2 Å². The van der Waals surface area contributed by atoms with Crippen molar-refractivity contribution >= 4 is 11.8 Å². The molecule has 1 heterocycles. The fraction of sp³-hybridized carbons (Fsp3) is 0.500. The molecule has 2 aromatic rings. The molecule has 4 nitrogen and oxygen atoms in total. The smallest absolute Gasteiger partial charge is 0.277 e. The molecule has 1 aromatic heterocycles. The van der Waals surface area contributed by atoms with Crippen LogP contribution in [0.3, 0.4) is 0 Å². The Morgan fingerprint density at radius 3 is 2.64 bits per heavy atom. The van der Waals surface area contributed by atoms with E-state index in [9.17, 15) is 0 Å². The SMILES string of the molecule is Cc1ccc(C)c(CSc2nnc([C@@H]([NH3+])CC(C)C)o2)c1.[Cl-]. The molecule has 6 heteroatoms. The Morgan fingerprint density at radius 2 is 1.95 bits per heavy atom. The lowest BCUT2D eigenvalue weighted by Crippen LogP contribution is -3.00. The van der Waals surface area contributed by atoms with Crippen molar-refractivity contribution in [3.8, 4) is 0 Å². The van der Waals surface area contributed by atoms with Gasteiger partial charge in [0.15, 0.2) is 6.04 Å². The van der Waals surface area contributed by atoms with Crippen molar-refractivity contribution in [1.29, 1.82) is 0 Å². The van der Waals surface area contributed by atoms with Crippen LogP contribution in [-0.4, -0.2) is 10.2 Å². The number of nitrogens with zero attached hydrogens (tertiary/aromatic N) is 2. The Balaban J connectivity index is 0.00000242. The zero-order valence-electron chi connectivity index (χ0n) is 13.6. The minimum absolute atomic E-state index is 0. The van der Waals surface area contributed by atoms with Crippen molar-refractivity contribution in [3.05, 3.63) is 40.8 Å². The van der Waals surface area contributed by atoms with Gasteiger partial charge >= 0.3 is 0 Å². The second-order valence-corrected chi connectivity index (χ2v) is 6.88. The summed E-state index contributed by atoms with van der Waals surface area (Å²) in [5.41, 5.74) is 7.98. The summed E-state index contributed by atoms with van der Waals surface area (Å²) < 4.78 is 5.72. The maximum absolute atomic E-state index is 5.72. The van der Waals surface area contributed by atoms with Crippen LogP contribution in [0.5, 0.6) is 0 Å². The van der Waals surface area contributed by atoms with Gasteiger partial charge in [0.2, 0.25) is 0 Å². The Bertz CT molecular complexity index is 601. The van der Waals surface area contributed by atoms with Gasteiger partial charge in [0.25, 0.3) is 11.1 Å². The number of aryl methyl sites for hydroxylation is 2. The summed E-state index contributed by atoms with van der Waals surface area (Å²) in [7, 11) is 0. The van der Waals surface area contributed by atoms with Crippen LogP contribution in [0.25, 0.3) is 0 Å². The van der Waals surface area contributed by atoms with E-state index in [1.807, 2.05) is 0 Å². The summed E-state index contributed by atoms with van der Waals surface area (Å²) in [6.45, 7) is 8.58. The highest BCUT2D eigenvalue weighted by Gasteiger charge is 2.19. The maximum atomic E-state index is 5.72. The first-order valence-corrected chi connectivity index (χ1v) is 8.29. The third-order valence-corrected chi connectivity index (χ3v) is 4.25. The fourth-order valence-electron chi connectivity index (χ4n) is 2.21. The summed E-state index contributed by atoms with van der Waals surface area (Å²) in [4.78, 5) is 0. The molecular formula is C16H24ClN3OS. The van der Waals surface area contributed by atoms with Crippen LogP contribution in [0.2, 0.25) is 0 Å². The molecule has 0 aliphatic carbocycles. The second kappa shape index (κ2) is 8.56. The first-order chi connectivity index (χ1) is 9.95. The first-order valence-electron chi connectivity index (χ1n) is 7.31. The average Bonchev–Trinajstić information content (AvgIpc) is 2.88. The van der Waals surface area contributed by atoms with E-state index in [4.69, 9.17) is 4.42 Å². The number of benzene rings is 1. The zero-order chi connectivity index (χ0) is 15.4. The minimum atomic E-state index is 0. The summed E-state index contributed by atoms with van der Waals surface area (Å²) >= 11 is 1.59. The van der Waals surface area contributed by atoms with E-state index in [0.29, 0.717) is 17.0 Å². The van der Waals surface area contributed by atoms with E-state index in [1.54, 1.807) is 11.8 Å². The van der Waals surface area contributed by atoms with Gasteiger partial charge in [0, 0.05) is 12.2 Å². The van der Waals surface area contributed by atoms with E-state index in [-0.39, 0.29) is 18.4 Å². The van der Waals surface area contributed by atoms with E-state index in [2.05, 4.69) is 61.8 Å². The van der Waals surface area contributed by atoms with Gasteiger partial charge in [-0.25, -0.2) is 0 Å². The average molecular weight is 342 g/mol. The lowest BCUT2D eigenvalue weighted by molar-refractivity contribution is -0.435. The fourth-order valence-corrected chi connectivity index (χ4v) is 3.04. The normalized spacial score (nSPS) is 12.3. The predicted octanol–water partition coefficient (Wildman–Crippen LogP) is 0.312. The molecule has 3 N–H and O–H groups in total. The standard InChI is InChI=1S/C16H23N3OS.ClH/c1-10(2)7-14(17)15-18-19-16(20-15)21-9-13-8-11(3)5-6-12(13)4;/h5-6,8,10,14H,7,9,17H2,1-4H3;1H/t14-;/m0./s1. The van der Waals surface area contributed by atoms with Gasteiger partial charge in [-0.1, -0.05) is 49.4 Å². The van der Waals surface area contributed by atoms with Crippen molar-refractivity contribution in [2.45, 2.75) is 51.1 Å². The molecule has 0 amide bonds. The summed E-state index contributed by atoms with van der Waals surface area (Å²) in [6, 6.07) is 6.57. The van der Waals surface area contributed by atoms with Gasteiger partial charge in [0.1, 0.15) is 0 Å². The van der Waals surface area contributed by atoms with Gasteiger partial charge < -0.3 is 22.6 Å². The molecule has 1 atom stereocenters. The van der Waals surface area contributed by atoms with Crippen LogP contribution < -0.4 is 18.1 Å². The molecule has 2 rings (SSSR count). The number of quaternary nitrogens is 1. The van der Waals surface area contributed by atoms with E-state index in [1.165, 1.54) is 16.7 Å².